The van der Waals surface area contributed by atoms with Crippen molar-refractivity contribution in [1.29, 1.82) is 0 Å². The molecule has 0 nitrogen and oxygen atoms in total. The zero-order valence-electron chi connectivity index (χ0n) is 12.1. The van der Waals surface area contributed by atoms with Crippen molar-refractivity contribution in [2.75, 3.05) is 0 Å². The minimum Gasteiger partial charge on any atom is -0.0979 e. The van der Waals surface area contributed by atoms with Gasteiger partial charge in [0.05, 0.1) is 0 Å². The molecule has 0 saturated carbocycles. The third-order valence-electron chi connectivity index (χ3n) is 2.46. The molecule has 0 aromatic carbocycles. The summed E-state index contributed by atoms with van der Waals surface area (Å²) in [5.74, 6) is 12.7. The van der Waals surface area contributed by atoms with Crippen LogP contribution in [0.1, 0.15) is 53.4 Å². The first kappa shape index (κ1) is 16.3. The Balaban J connectivity index is 4.24. The van der Waals surface area contributed by atoms with E-state index in [4.69, 9.17) is 0 Å². The van der Waals surface area contributed by atoms with Gasteiger partial charge < -0.3 is 0 Å². The highest BCUT2D eigenvalue weighted by molar-refractivity contribution is 5.40. The summed E-state index contributed by atoms with van der Waals surface area (Å²) in [7, 11) is 0. The molecule has 0 bridgehead atoms. The minimum absolute atomic E-state index is 0.920. The van der Waals surface area contributed by atoms with Crippen molar-refractivity contribution in [3.05, 3.63) is 35.5 Å². The second-order valence-electron chi connectivity index (χ2n) is 4.07. The second-order valence-corrected chi connectivity index (χ2v) is 4.07. The van der Waals surface area contributed by atoms with Crippen LogP contribution >= 0.6 is 0 Å². The molecule has 0 radical (unpaired) electrons. The Morgan fingerprint density at radius 1 is 0.778 bits per heavy atom. The van der Waals surface area contributed by atoms with Crippen LogP contribution in [0.4, 0.5) is 0 Å². The molecule has 0 aliphatic carbocycles. The molecule has 0 fully saturated rings. The van der Waals surface area contributed by atoms with Gasteiger partial charge in [0.1, 0.15) is 0 Å². The van der Waals surface area contributed by atoms with Crippen LogP contribution in [0.15, 0.2) is 35.5 Å². The zero-order chi connectivity index (χ0) is 13.6. The highest BCUT2D eigenvalue weighted by Gasteiger charge is 1.87. The van der Waals surface area contributed by atoms with Crippen molar-refractivity contribution in [3.8, 4) is 23.7 Å². The van der Waals surface area contributed by atoms with Gasteiger partial charge in [0, 0.05) is 24.0 Å². The fraction of sp³-hybridized carbons (Fsp3) is 0.444. The molecule has 0 aliphatic rings. The predicted octanol–water partition coefficient (Wildman–Crippen LogP) is 5.04. The predicted molar refractivity (Wildman–Crippen MR) is 82.0 cm³/mol. The Labute approximate surface area is 113 Å². The van der Waals surface area contributed by atoms with Crippen LogP contribution in [0.3, 0.4) is 0 Å². The Morgan fingerprint density at radius 2 is 1.17 bits per heavy atom. The van der Waals surface area contributed by atoms with E-state index in [1.54, 1.807) is 0 Å². The van der Waals surface area contributed by atoms with E-state index < -0.39 is 0 Å². The molecular weight excluding hydrogens is 216 g/mol. The Bertz CT molecular complexity index is 380. The number of unbranched alkanes of at least 4 members (excludes halogenated alkanes) is 2. The van der Waals surface area contributed by atoms with Crippen molar-refractivity contribution in [2.45, 2.75) is 53.4 Å². The van der Waals surface area contributed by atoms with E-state index in [2.05, 4.69) is 48.0 Å². The summed E-state index contributed by atoms with van der Waals surface area (Å²) in [5, 5.41) is 0. The SMILES string of the molecule is CC=CCCC#CC(C)=C(C)C#CCCC=CC. The van der Waals surface area contributed by atoms with Crippen molar-refractivity contribution < 1.29 is 0 Å². The van der Waals surface area contributed by atoms with Gasteiger partial charge in [-0.2, -0.15) is 0 Å². The lowest BCUT2D eigenvalue weighted by Crippen LogP contribution is -1.78. The van der Waals surface area contributed by atoms with E-state index >= 15 is 0 Å². The third kappa shape index (κ3) is 9.56. The first-order chi connectivity index (χ1) is 8.72. The normalized spacial score (nSPS) is 11.8. The summed E-state index contributed by atoms with van der Waals surface area (Å²) in [5.41, 5.74) is 2.18. The van der Waals surface area contributed by atoms with Gasteiger partial charge in [0.15, 0.2) is 0 Å². The van der Waals surface area contributed by atoms with Crippen LogP contribution in [-0.2, 0) is 0 Å². The zero-order valence-corrected chi connectivity index (χ0v) is 12.1. The fourth-order valence-corrected chi connectivity index (χ4v) is 1.22. The largest absolute Gasteiger partial charge is 0.0979 e. The second kappa shape index (κ2) is 11.8. The monoisotopic (exact) mass is 240 g/mol. The molecule has 0 aliphatic heterocycles. The molecule has 18 heavy (non-hydrogen) atoms. The molecule has 0 spiro atoms. The Kier molecular flexibility index (Phi) is 10.7. The van der Waals surface area contributed by atoms with Crippen LogP contribution in [0.5, 0.6) is 0 Å². The summed E-state index contributed by atoms with van der Waals surface area (Å²) in [4.78, 5) is 0. The van der Waals surface area contributed by atoms with Gasteiger partial charge >= 0.3 is 0 Å². The van der Waals surface area contributed by atoms with Crippen molar-refractivity contribution in [3.63, 3.8) is 0 Å². The molecule has 0 unspecified atom stereocenters. The van der Waals surface area contributed by atoms with Gasteiger partial charge in [0.25, 0.3) is 0 Å². The van der Waals surface area contributed by atoms with Crippen LogP contribution in [-0.4, -0.2) is 0 Å². The molecule has 0 rings (SSSR count). The van der Waals surface area contributed by atoms with Crippen molar-refractivity contribution >= 4 is 0 Å². The van der Waals surface area contributed by atoms with E-state index in [1.165, 1.54) is 0 Å². The Morgan fingerprint density at radius 3 is 1.50 bits per heavy atom. The van der Waals surface area contributed by atoms with Gasteiger partial charge in [-0.3, -0.25) is 0 Å². The maximum atomic E-state index is 3.17. The highest BCUT2D eigenvalue weighted by Crippen LogP contribution is 2.01. The lowest BCUT2D eigenvalue weighted by molar-refractivity contribution is 1.08. The van der Waals surface area contributed by atoms with Crippen LogP contribution in [0, 0.1) is 23.7 Å². The number of hydrogen-bond donors (Lipinski definition) is 0. The minimum atomic E-state index is 0.920. The highest BCUT2D eigenvalue weighted by atomic mass is 13.9. The molecule has 96 valence electrons. The third-order valence-corrected chi connectivity index (χ3v) is 2.46. The standard InChI is InChI=1S/C18H24/c1-5-7-9-11-13-15-17(3)18(4)16-14-12-10-8-6-2/h5-8H,9-12H2,1-4H3. The molecule has 0 heterocycles. The summed E-state index contributed by atoms with van der Waals surface area (Å²) >= 11 is 0. The van der Waals surface area contributed by atoms with Crippen LogP contribution in [0.2, 0.25) is 0 Å². The van der Waals surface area contributed by atoms with Crippen molar-refractivity contribution in [1.82, 2.24) is 0 Å². The molecule has 0 N–H and O–H groups in total. The van der Waals surface area contributed by atoms with Gasteiger partial charge in [0.2, 0.25) is 0 Å². The van der Waals surface area contributed by atoms with E-state index in [0.29, 0.717) is 0 Å². The molecule has 0 aromatic heterocycles. The van der Waals surface area contributed by atoms with Crippen LogP contribution < -0.4 is 0 Å². The van der Waals surface area contributed by atoms with E-state index in [9.17, 15) is 0 Å². The lowest BCUT2D eigenvalue weighted by Gasteiger charge is -1.91. The Hall–Kier alpha value is -1.66. The molecule has 0 saturated heterocycles. The topological polar surface area (TPSA) is 0 Å². The fourth-order valence-electron chi connectivity index (χ4n) is 1.22. The van der Waals surface area contributed by atoms with Gasteiger partial charge in [-0.1, -0.05) is 48.0 Å². The first-order valence-electron chi connectivity index (χ1n) is 6.59. The average molecular weight is 240 g/mol. The average Bonchev–Trinajstić information content (AvgIpc) is 2.37. The number of rotatable bonds is 4. The summed E-state index contributed by atoms with van der Waals surface area (Å²) in [6.45, 7) is 8.15. The van der Waals surface area contributed by atoms with Crippen LogP contribution in [0.25, 0.3) is 0 Å². The summed E-state index contributed by atoms with van der Waals surface area (Å²) in [6, 6.07) is 0. The molecular formula is C18H24. The quantitative estimate of drug-likeness (QED) is 0.367. The maximum absolute atomic E-state index is 3.17. The summed E-state index contributed by atoms with van der Waals surface area (Å²) in [6.07, 6.45) is 12.3. The summed E-state index contributed by atoms with van der Waals surface area (Å²) < 4.78 is 0. The molecule has 0 amide bonds. The lowest BCUT2D eigenvalue weighted by atomic mass is 10.1. The molecule has 0 heteroatoms. The maximum Gasteiger partial charge on any atom is 0.0127 e. The smallest absolute Gasteiger partial charge is 0.0127 e. The van der Waals surface area contributed by atoms with Gasteiger partial charge in [-0.25, -0.2) is 0 Å². The molecule has 0 aromatic rings. The van der Waals surface area contributed by atoms with Gasteiger partial charge in [-0.05, 0) is 40.5 Å². The molecule has 0 atom stereocenters. The van der Waals surface area contributed by atoms with E-state index in [1.807, 2.05) is 27.7 Å². The van der Waals surface area contributed by atoms with Gasteiger partial charge in [-0.15, -0.1) is 0 Å². The van der Waals surface area contributed by atoms with E-state index in [0.717, 1.165) is 36.8 Å². The van der Waals surface area contributed by atoms with Crippen molar-refractivity contribution in [2.24, 2.45) is 0 Å². The number of hydrogen-bond acceptors (Lipinski definition) is 0. The van der Waals surface area contributed by atoms with E-state index in [-0.39, 0.29) is 0 Å². The first-order valence-corrected chi connectivity index (χ1v) is 6.59. The number of allylic oxidation sites excluding steroid dienone is 6.